The molecular weight excluding hydrogens is 149 g/mol. The molecule has 0 amide bonds. The number of hydrogen-bond donors (Lipinski definition) is 0. The van der Waals surface area contributed by atoms with Gasteiger partial charge in [0.25, 0.3) is 0 Å². The molecule has 2 nitrogen and oxygen atoms in total. The van der Waals surface area contributed by atoms with E-state index < -0.39 is 0 Å². The number of nitrogens with zero attached hydrogens (tertiary/aromatic N) is 1. The summed E-state index contributed by atoms with van der Waals surface area (Å²) in [6.07, 6.45) is 1.13. The number of para-hydroxylation sites is 1. The van der Waals surface area contributed by atoms with Gasteiger partial charge in [-0.3, -0.25) is 0 Å². The average Bonchev–Trinajstić information content (AvgIpc) is 2.62. The first-order valence-electron chi connectivity index (χ1n) is 4.26. The predicted molar refractivity (Wildman–Crippen MR) is 48.1 cm³/mol. The van der Waals surface area contributed by atoms with E-state index >= 15 is 0 Å². The standard InChI is InChI=1S/C9H9BNO/c1-2-4-9-7(3-1)5-8-6-12-10-11(8)9/h1-4,8H,5-6H2. The fraction of sp³-hybridized carbons (Fsp3) is 0.333. The Balaban J connectivity index is 2.09. The summed E-state index contributed by atoms with van der Waals surface area (Å²) in [6, 6.07) is 9.08. The largest absolute Gasteiger partial charge is 0.439 e. The third kappa shape index (κ3) is 0.744. The van der Waals surface area contributed by atoms with Crippen LogP contribution >= 0.6 is 0 Å². The lowest BCUT2D eigenvalue weighted by Gasteiger charge is -2.14. The van der Waals surface area contributed by atoms with Gasteiger partial charge in [0.1, 0.15) is 0 Å². The topological polar surface area (TPSA) is 12.5 Å². The molecule has 3 rings (SSSR count). The van der Waals surface area contributed by atoms with Crippen molar-refractivity contribution in [1.82, 2.24) is 0 Å². The molecule has 2 heterocycles. The minimum absolute atomic E-state index is 0.558. The second-order valence-corrected chi connectivity index (χ2v) is 3.33. The Labute approximate surface area is 72.4 Å². The fourth-order valence-electron chi connectivity index (χ4n) is 2.00. The molecule has 3 heteroatoms. The van der Waals surface area contributed by atoms with Crippen LogP contribution in [0, 0.1) is 0 Å². The zero-order chi connectivity index (χ0) is 7.97. The van der Waals surface area contributed by atoms with Crippen molar-refractivity contribution in [2.24, 2.45) is 0 Å². The van der Waals surface area contributed by atoms with Crippen LogP contribution in [0.25, 0.3) is 0 Å². The highest BCUT2D eigenvalue weighted by Crippen LogP contribution is 2.33. The Morgan fingerprint density at radius 3 is 3.33 bits per heavy atom. The van der Waals surface area contributed by atoms with Crippen LogP contribution in [0.2, 0.25) is 0 Å². The van der Waals surface area contributed by atoms with Crippen LogP contribution < -0.4 is 4.81 Å². The summed E-state index contributed by atoms with van der Waals surface area (Å²) in [6.45, 7) is 0.842. The zero-order valence-corrected chi connectivity index (χ0v) is 6.73. The number of fused-ring (bicyclic) bond motifs is 3. The molecule has 1 fully saturated rings. The SMILES string of the molecule is [B]1OCC2Cc3ccccc3N12. The molecule has 2 aliphatic rings. The van der Waals surface area contributed by atoms with E-state index in [0.29, 0.717) is 6.04 Å². The minimum atomic E-state index is 0.558. The predicted octanol–water partition coefficient (Wildman–Crippen LogP) is 0.982. The van der Waals surface area contributed by atoms with Crippen molar-refractivity contribution in [1.29, 1.82) is 0 Å². The van der Waals surface area contributed by atoms with Crippen molar-refractivity contribution in [2.75, 3.05) is 11.4 Å². The Morgan fingerprint density at radius 2 is 2.33 bits per heavy atom. The van der Waals surface area contributed by atoms with E-state index in [1.807, 2.05) is 7.62 Å². The maximum Gasteiger partial charge on any atom is 0.439 e. The summed E-state index contributed by atoms with van der Waals surface area (Å²) < 4.78 is 5.27. The molecule has 0 aromatic heterocycles. The number of rotatable bonds is 0. The van der Waals surface area contributed by atoms with Gasteiger partial charge in [0, 0.05) is 18.3 Å². The molecule has 1 saturated heterocycles. The maximum absolute atomic E-state index is 5.27. The van der Waals surface area contributed by atoms with Crippen molar-refractivity contribution in [3.8, 4) is 0 Å². The molecule has 0 aliphatic carbocycles. The van der Waals surface area contributed by atoms with Gasteiger partial charge in [-0.05, 0) is 18.1 Å². The van der Waals surface area contributed by atoms with E-state index in [9.17, 15) is 0 Å². The monoisotopic (exact) mass is 158 g/mol. The van der Waals surface area contributed by atoms with Crippen molar-refractivity contribution < 1.29 is 4.65 Å². The number of anilines is 1. The lowest BCUT2D eigenvalue weighted by Crippen LogP contribution is -2.27. The third-order valence-corrected chi connectivity index (χ3v) is 2.60. The molecule has 59 valence electrons. The smallest absolute Gasteiger partial charge is 0.417 e. The molecule has 1 radical (unpaired) electrons. The van der Waals surface area contributed by atoms with Gasteiger partial charge in [0.2, 0.25) is 0 Å². The summed E-state index contributed by atoms with van der Waals surface area (Å²) in [5.74, 6) is 0. The first kappa shape index (κ1) is 6.55. The van der Waals surface area contributed by atoms with Crippen molar-refractivity contribution in [3.05, 3.63) is 29.8 Å². The molecule has 0 bridgehead atoms. The quantitative estimate of drug-likeness (QED) is 0.522. The van der Waals surface area contributed by atoms with Gasteiger partial charge in [0.05, 0.1) is 0 Å². The summed E-state index contributed by atoms with van der Waals surface area (Å²) in [5, 5.41) is 0. The van der Waals surface area contributed by atoms with Crippen molar-refractivity contribution in [3.63, 3.8) is 0 Å². The van der Waals surface area contributed by atoms with Gasteiger partial charge in [-0.1, -0.05) is 18.2 Å². The van der Waals surface area contributed by atoms with Crippen LogP contribution in [0.4, 0.5) is 5.69 Å². The van der Waals surface area contributed by atoms with Gasteiger partial charge < -0.3 is 9.47 Å². The molecule has 12 heavy (non-hydrogen) atoms. The first-order valence-corrected chi connectivity index (χ1v) is 4.26. The minimum Gasteiger partial charge on any atom is -0.417 e. The molecule has 1 unspecified atom stereocenters. The molecule has 0 saturated carbocycles. The Hall–Kier alpha value is -0.955. The van der Waals surface area contributed by atoms with E-state index in [2.05, 4.69) is 29.1 Å². The van der Waals surface area contributed by atoms with Crippen LogP contribution in [-0.2, 0) is 11.1 Å². The maximum atomic E-state index is 5.27. The van der Waals surface area contributed by atoms with Crippen molar-refractivity contribution >= 4 is 13.3 Å². The highest BCUT2D eigenvalue weighted by Gasteiger charge is 2.34. The second kappa shape index (κ2) is 2.27. The first-order chi connectivity index (χ1) is 5.95. The van der Waals surface area contributed by atoms with Gasteiger partial charge in [0.15, 0.2) is 0 Å². The van der Waals surface area contributed by atoms with Gasteiger partial charge in [-0.2, -0.15) is 0 Å². The molecule has 1 atom stereocenters. The van der Waals surface area contributed by atoms with E-state index in [4.69, 9.17) is 4.65 Å². The number of hydrogen-bond acceptors (Lipinski definition) is 2. The molecular formula is C9H9BNO. The highest BCUT2D eigenvalue weighted by molar-refractivity contribution is 6.36. The summed E-state index contributed by atoms with van der Waals surface area (Å²) in [4.78, 5) is 2.23. The van der Waals surface area contributed by atoms with Crippen LogP contribution in [0.3, 0.4) is 0 Å². The Morgan fingerprint density at radius 1 is 1.42 bits per heavy atom. The second-order valence-electron chi connectivity index (χ2n) is 3.33. The molecule has 1 aromatic rings. The van der Waals surface area contributed by atoms with Crippen LogP contribution in [0.15, 0.2) is 24.3 Å². The Bertz CT molecular complexity index is 315. The van der Waals surface area contributed by atoms with Gasteiger partial charge in [-0.15, -0.1) is 0 Å². The van der Waals surface area contributed by atoms with Gasteiger partial charge >= 0.3 is 7.62 Å². The van der Waals surface area contributed by atoms with Crippen LogP contribution in [0.5, 0.6) is 0 Å². The van der Waals surface area contributed by atoms with E-state index in [1.54, 1.807) is 0 Å². The van der Waals surface area contributed by atoms with E-state index in [1.165, 1.54) is 11.3 Å². The highest BCUT2D eigenvalue weighted by atomic mass is 16.4. The number of benzene rings is 1. The van der Waals surface area contributed by atoms with Crippen LogP contribution in [-0.4, -0.2) is 20.3 Å². The van der Waals surface area contributed by atoms with E-state index in [-0.39, 0.29) is 0 Å². The molecule has 0 N–H and O–H groups in total. The van der Waals surface area contributed by atoms with E-state index in [0.717, 1.165) is 13.0 Å². The fourth-order valence-corrected chi connectivity index (χ4v) is 2.00. The average molecular weight is 158 g/mol. The molecule has 1 aromatic carbocycles. The van der Waals surface area contributed by atoms with Gasteiger partial charge in [-0.25, -0.2) is 0 Å². The lowest BCUT2D eigenvalue weighted by molar-refractivity contribution is 0.352. The normalized spacial score (nSPS) is 25.0. The lowest BCUT2D eigenvalue weighted by atomic mass is 10.1. The zero-order valence-electron chi connectivity index (χ0n) is 6.73. The molecule has 2 aliphatic heterocycles. The van der Waals surface area contributed by atoms with Crippen molar-refractivity contribution in [2.45, 2.75) is 12.5 Å². The molecule has 0 spiro atoms. The Kier molecular flexibility index (Phi) is 1.24. The summed E-state index contributed by atoms with van der Waals surface area (Å²) >= 11 is 0. The third-order valence-electron chi connectivity index (χ3n) is 2.60. The van der Waals surface area contributed by atoms with Crippen LogP contribution in [0.1, 0.15) is 5.56 Å². The summed E-state index contributed by atoms with van der Waals surface area (Å²) in [7, 11) is 1.84. The summed E-state index contributed by atoms with van der Waals surface area (Å²) in [5.41, 5.74) is 2.77.